The first-order valence-corrected chi connectivity index (χ1v) is 3.69. The molecule has 0 saturated carbocycles. The Balaban J connectivity index is 0.000000217. The predicted octanol–water partition coefficient (Wildman–Crippen LogP) is 0.752. The Bertz CT molecular complexity index is 184. The number of benzene rings is 1. The minimum absolute atomic E-state index is 0.139. The highest BCUT2D eigenvalue weighted by molar-refractivity contribution is 5.18. The zero-order chi connectivity index (χ0) is 9.40. The molecule has 0 heterocycles. The van der Waals surface area contributed by atoms with Gasteiger partial charge in [-0.3, -0.25) is 0 Å². The molecular formula is C9H14O3. The number of para-hydroxylation sites is 1. The van der Waals surface area contributed by atoms with Crippen LogP contribution in [0, 0.1) is 0 Å². The molecule has 0 amide bonds. The smallest absolute Gasteiger partial charge is 0.115 e. The topological polar surface area (TPSA) is 60.7 Å². The normalized spacial score (nSPS) is 11.2. The molecule has 0 aromatic heterocycles. The molecule has 0 aliphatic rings. The molecule has 1 aromatic carbocycles. The van der Waals surface area contributed by atoms with E-state index in [1.807, 2.05) is 6.07 Å². The summed E-state index contributed by atoms with van der Waals surface area (Å²) in [5.74, 6) is 0.322. The van der Waals surface area contributed by atoms with Crippen molar-refractivity contribution in [3.05, 3.63) is 30.3 Å². The maximum Gasteiger partial charge on any atom is 0.115 e. The minimum atomic E-state index is -0.560. The molecule has 68 valence electrons. The largest absolute Gasteiger partial charge is 0.508 e. The van der Waals surface area contributed by atoms with Gasteiger partial charge in [0.2, 0.25) is 0 Å². The van der Waals surface area contributed by atoms with Gasteiger partial charge >= 0.3 is 0 Å². The monoisotopic (exact) mass is 170 g/mol. The molecule has 0 bridgehead atoms. The highest BCUT2D eigenvalue weighted by atomic mass is 16.3. The van der Waals surface area contributed by atoms with Crippen LogP contribution in [0.25, 0.3) is 0 Å². The number of aromatic hydroxyl groups is 1. The molecule has 3 heteroatoms. The Morgan fingerprint density at radius 1 is 1.25 bits per heavy atom. The van der Waals surface area contributed by atoms with E-state index in [0.29, 0.717) is 5.75 Å². The van der Waals surface area contributed by atoms with Gasteiger partial charge in [0.1, 0.15) is 5.75 Å². The van der Waals surface area contributed by atoms with E-state index in [4.69, 9.17) is 15.3 Å². The molecule has 1 atom stereocenters. The Morgan fingerprint density at radius 3 is 1.83 bits per heavy atom. The summed E-state index contributed by atoms with van der Waals surface area (Å²) in [5.41, 5.74) is 0. The maximum absolute atomic E-state index is 8.63. The van der Waals surface area contributed by atoms with Crippen molar-refractivity contribution in [3.8, 4) is 5.75 Å². The third kappa shape index (κ3) is 7.05. The number of hydrogen-bond acceptors (Lipinski definition) is 3. The lowest BCUT2D eigenvalue weighted by molar-refractivity contribution is 0.110. The molecule has 3 N–H and O–H groups in total. The van der Waals surface area contributed by atoms with Gasteiger partial charge in [-0.2, -0.15) is 0 Å². The van der Waals surface area contributed by atoms with E-state index >= 15 is 0 Å². The number of phenols is 1. The second-order valence-electron chi connectivity index (χ2n) is 2.37. The first-order chi connectivity index (χ1) is 5.66. The molecule has 1 aromatic rings. The summed E-state index contributed by atoms with van der Waals surface area (Å²) in [6.07, 6.45) is -0.560. The highest BCUT2D eigenvalue weighted by Gasteiger charge is 1.83. The average molecular weight is 170 g/mol. The van der Waals surface area contributed by atoms with Crippen LogP contribution >= 0.6 is 0 Å². The first kappa shape index (κ1) is 10.9. The summed E-state index contributed by atoms with van der Waals surface area (Å²) < 4.78 is 0. The zero-order valence-electron chi connectivity index (χ0n) is 7.01. The van der Waals surface area contributed by atoms with Gasteiger partial charge < -0.3 is 15.3 Å². The predicted molar refractivity (Wildman–Crippen MR) is 46.9 cm³/mol. The van der Waals surface area contributed by atoms with E-state index in [1.165, 1.54) is 6.92 Å². The van der Waals surface area contributed by atoms with Gasteiger partial charge in [0.25, 0.3) is 0 Å². The average Bonchev–Trinajstić information content (AvgIpc) is 2.07. The second-order valence-corrected chi connectivity index (χ2v) is 2.37. The molecular weight excluding hydrogens is 156 g/mol. The lowest BCUT2D eigenvalue weighted by Crippen LogP contribution is -2.03. The molecule has 0 spiro atoms. The quantitative estimate of drug-likeness (QED) is 0.583. The molecule has 0 fully saturated rings. The number of hydrogen-bond donors (Lipinski definition) is 3. The fourth-order valence-electron chi connectivity index (χ4n) is 0.428. The summed E-state index contributed by atoms with van der Waals surface area (Å²) in [6.45, 7) is 1.39. The summed E-state index contributed by atoms with van der Waals surface area (Å²) in [7, 11) is 0. The molecule has 0 radical (unpaired) electrons. The van der Waals surface area contributed by atoms with E-state index in [0.717, 1.165) is 0 Å². The van der Waals surface area contributed by atoms with Crippen LogP contribution in [0.1, 0.15) is 6.92 Å². The number of phenolic OH excluding ortho intramolecular Hbond substituents is 1. The summed E-state index contributed by atoms with van der Waals surface area (Å²) >= 11 is 0. The highest BCUT2D eigenvalue weighted by Crippen LogP contribution is 2.02. The van der Waals surface area contributed by atoms with Crippen LogP contribution in [0.3, 0.4) is 0 Å². The summed E-state index contributed by atoms with van der Waals surface area (Å²) in [4.78, 5) is 0. The Morgan fingerprint density at radius 2 is 1.67 bits per heavy atom. The Kier molecular flexibility index (Phi) is 6.05. The van der Waals surface area contributed by atoms with Crippen LogP contribution in [0.4, 0.5) is 0 Å². The second kappa shape index (κ2) is 6.64. The first-order valence-electron chi connectivity index (χ1n) is 3.69. The lowest BCUT2D eigenvalue weighted by atomic mass is 10.3. The number of rotatable bonds is 1. The van der Waals surface area contributed by atoms with Crippen LogP contribution in [0.2, 0.25) is 0 Å². The lowest BCUT2D eigenvalue weighted by Gasteiger charge is -1.90. The van der Waals surface area contributed by atoms with E-state index in [-0.39, 0.29) is 6.61 Å². The van der Waals surface area contributed by atoms with Crippen LogP contribution in [0.5, 0.6) is 5.75 Å². The van der Waals surface area contributed by atoms with Gasteiger partial charge in [0, 0.05) is 0 Å². The van der Waals surface area contributed by atoms with Crippen molar-refractivity contribution in [3.63, 3.8) is 0 Å². The SMILES string of the molecule is CC(O)CO.Oc1ccccc1. The molecule has 1 rings (SSSR count). The van der Waals surface area contributed by atoms with Crippen molar-refractivity contribution in [2.24, 2.45) is 0 Å². The van der Waals surface area contributed by atoms with Crippen molar-refractivity contribution in [2.75, 3.05) is 6.61 Å². The van der Waals surface area contributed by atoms with Crippen LogP contribution < -0.4 is 0 Å². The standard InChI is InChI=1S/C6H6O.C3H8O2/c7-6-4-2-1-3-5-6;1-3(5)2-4/h1-5,7H;3-5H,2H2,1H3. The van der Waals surface area contributed by atoms with Crippen molar-refractivity contribution < 1.29 is 15.3 Å². The van der Waals surface area contributed by atoms with E-state index < -0.39 is 6.10 Å². The zero-order valence-corrected chi connectivity index (χ0v) is 7.01. The summed E-state index contributed by atoms with van der Waals surface area (Å²) in [5, 5.41) is 24.6. The fourth-order valence-corrected chi connectivity index (χ4v) is 0.428. The minimum Gasteiger partial charge on any atom is -0.508 e. The third-order valence-corrected chi connectivity index (χ3v) is 1.02. The molecule has 12 heavy (non-hydrogen) atoms. The van der Waals surface area contributed by atoms with Crippen LogP contribution in [-0.2, 0) is 0 Å². The molecule has 3 nitrogen and oxygen atoms in total. The van der Waals surface area contributed by atoms with Crippen LogP contribution in [0.15, 0.2) is 30.3 Å². The van der Waals surface area contributed by atoms with Gasteiger partial charge in [0.05, 0.1) is 12.7 Å². The Labute approximate surface area is 71.9 Å². The summed E-state index contributed by atoms with van der Waals surface area (Å²) in [6, 6.07) is 8.71. The van der Waals surface area contributed by atoms with Crippen molar-refractivity contribution in [1.29, 1.82) is 0 Å². The molecule has 0 aliphatic heterocycles. The van der Waals surface area contributed by atoms with Crippen molar-refractivity contribution in [1.82, 2.24) is 0 Å². The van der Waals surface area contributed by atoms with Gasteiger partial charge in [-0.1, -0.05) is 18.2 Å². The molecule has 0 saturated heterocycles. The molecule has 0 aliphatic carbocycles. The fraction of sp³-hybridized carbons (Fsp3) is 0.333. The van der Waals surface area contributed by atoms with E-state index in [9.17, 15) is 0 Å². The maximum atomic E-state index is 8.63. The van der Waals surface area contributed by atoms with Gasteiger partial charge in [-0.15, -0.1) is 0 Å². The van der Waals surface area contributed by atoms with Gasteiger partial charge in [-0.25, -0.2) is 0 Å². The Hall–Kier alpha value is -1.06. The van der Waals surface area contributed by atoms with Crippen LogP contribution in [-0.4, -0.2) is 28.0 Å². The number of aliphatic hydroxyl groups excluding tert-OH is 2. The number of aliphatic hydroxyl groups is 2. The van der Waals surface area contributed by atoms with E-state index in [2.05, 4.69) is 0 Å². The third-order valence-electron chi connectivity index (χ3n) is 1.02. The van der Waals surface area contributed by atoms with E-state index in [1.54, 1.807) is 24.3 Å². The van der Waals surface area contributed by atoms with Gasteiger partial charge in [0.15, 0.2) is 0 Å². The van der Waals surface area contributed by atoms with Crippen molar-refractivity contribution in [2.45, 2.75) is 13.0 Å². The van der Waals surface area contributed by atoms with Gasteiger partial charge in [-0.05, 0) is 19.1 Å². The van der Waals surface area contributed by atoms with Crippen molar-refractivity contribution >= 4 is 0 Å². The molecule has 1 unspecified atom stereocenters.